The summed E-state index contributed by atoms with van der Waals surface area (Å²) in [7, 11) is -2.21. The van der Waals surface area contributed by atoms with Crippen molar-refractivity contribution in [2.75, 3.05) is 30.8 Å². The lowest BCUT2D eigenvalue weighted by atomic mass is 10.1. The zero-order valence-corrected chi connectivity index (χ0v) is 21.6. The summed E-state index contributed by atoms with van der Waals surface area (Å²) in [5.41, 5.74) is 2.82. The number of rotatable bonds is 11. The minimum Gasteiger partial charge on any atom is -0.497 e. The highest BCUT2D eigenvalue weighted by molar-refractivity contribution is 7.92. The number of methoxy groups -OCH3 is 1. The van der Waals surface area contributed by atoms with Crippen LogP contribution in [0.4, 0.5) is 5.69 Å². The highest BCUT2D eigenvalue weighted by Gasteiger charge is 2.30. The van der Waals surface area contributed by atoms with Gasteiger partial charge in [0.15, 0.2) is 0 Å². The number of hydrogen-bond acceptors (Lipinski definition) is 5. The summed E-state index contributed by atoms with van der Waals surface area (Å²) >= 11 is 0. The summed E-state index contributed by atoms with van der Waals surface area (Å²) < 4.78 is 31.8. The SMILES string of the molecule is CCCNC(=O)[C@@H](C)N(Cc1cccc(OC)c1)C(=O)CN(c1cc(C)ccc1C)S(C)(=O)=O. The number of ether oxygens (including phenoxy) is 1. The highest BCUT2D eigenvalue weighted by Crippen LogP contribution is 2.25. The first kappa shape index (κ1) is 27.2. The van der Waals surface area contributed by atoms with Gasteiger partial charge in [-0.15, -0.1) is 0 Å². The molecule has 2 amide bonds. The monoisotopic (exact) mass is 489 g/mol. The van der Waals surface area contributed by atoms with Crippen molar-refractivity contribution in [3.05, 3.63) is 59.2 Å². The number of carbonyl (C=O) groups is 2. The average molecular weight is 490 g/mol. The van der Waals surface area contributed by atoms with Crippen molar-refractivity contribution in [3.63, 3.8) is 0 Å². The van der Waals surface area contributed by atoms with E-state index in [1.54, 1.807) is 45.2 Å². The Hall–Kier alpha value is -3.07. The number of nitrogens with one attached hydrogen (secondary N) is 1. The molecule has 2 aromatic carbocycles. The van der Waals surface area contributed by atoms with E-state index in [0.717, 1.165) is 33.7 Å². The molecule has 0 saturated carbocycles. The number of sulfonamides is 1. The fraction of sp³-hybridized carbons (Fsp3) is 0.440. The summed E-state index contributed by atoms with van der Waals surface area (Å²) in [4.78, 5) is 27.7. The van der Waals surface area contributed by atoms with Gasteiger partial charge in [0.1, 0.15) is 18.3 Å². The molecule has 0 fully saturated rings. The maximum atomic E-state index is 13.6. The van der Waals surface area contributed by atoms with Crippen LogP contribution >= 0.6 is 0 Å². The molecule has 0 heterocycles. The van der Waals surface area contributed by atoms with E-state index in [2.05, 4.69) is 5.32 Å². The van der Waals surface area contributed by atoms with Crippen molar-refractivity contribution >= 4 is 27.5 Å². The molecular formula is C25H35N3O5S. The van der Waals surface area contributed by atoms with E-state index in [1.807, 2.05) is 32.0 Å². The van der Waals surface area contributed by atoms with Crippen LogP contribution in [-0.2, 0) is 26.2 Å². The van der Waals surface area contributed by atoms with Gasteiger partial charge < -0.3 is 15.0 Å². The van der Waals surface area contributed by atoms with Gasteiger partial charge in [-0.25, -0.2) is 8.42 Å². The number of hydrogen-bond donors (Lipinski definition) is 1. The first-order chi connectivity index (χ1) is 16.0. The molecule has 1 atom stereocenters. The maximum Gasteiger partial charge on any atom is 0.244 e. The lowest BCUT2D eigenvalue weighted by molar-refractivity contribution is -0.139. The fourth-order valence-electron chi connectivity index (χ4n) is 3.53. The Labute approximate surface area is 202 Å². The van der Waals surface area contributed by atoms with Gasteiger partial charge in [-0.05, 0) is 62.1 Å². The summed E-state index contributed by atoms with van der Waals surface area (Å²) in [6.45, 7) is 7.44. The smallest absolute Gasteiger partial charge is 0.244 e. The standard InChI is InChI=1S/C25H35N3O5S/c1-7-13-26-25(30)20(4)27(16-21-9-8-10-22(15-21)33-5)24(29)17-28(34(6,31)32)23-14-18(2)11-12-19(23)3/h8-12,14-15,20H,7,13,16-17H2,1-6H3,(H,26,30)/t20-/m1/s1. The molecule has 0 aliphatic carbocycles. The van der Waals surface area contributed by atoms with Gasteiger partial charge in [0.25, 0.3) is 0 Å². The van der Waals surface area contributed by atoms with Crippen LogP contribution in [0.15, 0.2) is 42.5 Å². The van der Waals surface area contributed by atoms with Gasteiger partial charge in [-0.1, -0.05) is 31.2 Å². The molecule has 9 heteroatoms. The molecule has 0 radical (unpaired) electrons. The quantitative estimate of drug-likeness (QED) is 0.523. The molecule has 0 aliphatic heterocycles. The van der Waals surface area contributed by atoms with Crippen molar-refractivity contribution in [1.82, 2.24) is 10.2 Å². The van der Waals surface area contributed by atoms with E-state index in [9.17, 15) is 18.0 Å². The molecule has 186 valence electrons. The van der Waals surface area contributed by atoms with Gasteiger partial charge in [-0.3, -0.25) is 13.9 Å². The molecule has 8 nitrogen and oxygen atoms in total. The van der Waals surface area contributed by atoms with Crippen LogP contribution in [0.1, 0.15) is 37.0 Å². The first-order valence-corrected chi connectivity index (χ1v) is 13.1. The zero-order chi connectivity index (χ0) is 25.5. The Morgan fingerprint density at radius 2 is 1.82 bits per heavy atom. The van der Waals surface area contributed by atoms with Gasteiger partial charge >= 0.3 is 0 Å². The van der Waals surface area contributed by atoms with Crippen molar-refractivity contribution in [2.45, 2.75) is 46.7 Å². The van der Waals surface area contributed by atoms with Crippen LogP contribution in [0, 0.1) is 13.8 Å². The lowest BCUT2D eigenvalue weighted by Crippen LogP contribution is -2.51. The summed E-state index contributed by atoms with van der Waals surface area (Å²) in [6.07, 6.45) is 1.84. The van der Waals surface area contributed by atoms with Crippen LogP contribution in [0.5, 0.6) is 5.75 Å². The average Bonchev–Trinajstić information content (AvgIpc) is 2.79. The van der Waals surface area contributed by atoms with Gasteiger partial charge in [-0.2, -0.15) is 0 Å². The zero-order valence-electron chi connectivity index (χ0n) is 20.8. The molecule has 34 heavy (non-hydrogen) atoms. The predicted molar refractivity (Wildman–Crippen MR) is 134 cm³/mol. The topological polar surface area (TPSA) is 96.0 Å². The molecule has 0 unspecified atom stereocenters. The van der Waals surface area contributed by atoms with E-state index in [-0.39, 0.29) is 12.5 Å². The van der Waals surface area contributed by atoms with Crippen LogP contribution in [0.25, 0.3) is 0 Å². The van der Waals surface area contributed by atoms with Crippen LogP contribution in [0.2, 0.25) is 0 Å². The van der Waals surface area contributed by atoms with Crippen molar-refractivity contribution in [1.29, 1.82) is 0 Å². The molecule has 0 aromatic heterocycles. The van der Waals surface area contributed by atoms with Gasteiger partial charge in [0.2, 0.25) is 21.8 Å². The third-order valence-electron chi connectivity index (χ3n) is 5.52. The maximum absolute atomic E-state index is 13.6. The second-order valence-corrected chi connectivity index (χ2v) is 10.3. The minimum atomic E-state index is -3.76. The Morgan fingerprint density at radius 1 is 1.12 bits per heavy atom. The van der Waals surface area contributed by atoms with Crippen molar-refractivity contribution in [2.24, 2.45) is 0 Å². The Kier molecular flexibility index (Phi) is 9.49. The third-order valence-corrected chi connectivity index (χ3v) is 6.64. The fourth-order valence-corrected chi connectivity index (χ4v) is 4.43. The van der Waals surface area contributed by atoms with Crippen LogP contribution in [0.3, 0.4) is 0 Å². The largest absolute Gasteiger partial charge is 0.497 e. The summed E-state index contributed by atoms with van der Waals surface area (Å²) in [5.74, 6) is -0.148. The van der Waals surface area contributed by atoms with Crippen LogP contribution in [-0.4, -0.2) is 57.6 Å². The van der Waals surface area contributed by atoms with E-state index < -0.39 is 28.5 Å². The number of anilines is 1. The predicted octanol–water partition coefficient (Wildman–Crippen LogP) is 3.02. The molecule has 1 N–H and O–H groups in total. The van der Waals surface area contributed by atoms with E-state index >= 15 is 0 Å². The first-order valence-electron chi connectivity index (χ1n) is 11.2. The summed E-state index contributed by atoms with van der Waals surface area (Å²) in [6, 6.07) is 11.9. The molecular weight excluding hydrogens is 454 g/mol. The van der Waals surface area contributed by atoms with E-state index in [0.29, 0.717) is 18.0 Å². The number of amides is 2. The van der Waals surface area contributed by atoms with E-state index in [4.69, 9.17) is 4.74 Å². The molecule has 0 saturated heterocycles. The molecule has 0 spiro atoms. The minimum absolute atomic E-state index is 0.126. The van der Waals surface area contributed by atoms with Crippen molar-refractivity contribution < 1.29 is 22.7 Å². The van der Waals surface area contributed by atoms with Crippen molar-refractivity contribution in [3.8, 4) is 5.75 Å². The third kappa shape index (κ3) is 7.21. The second kappa shape index (κ2) is 11.9. The van der Waals surface area contributed by atoms with Gasteiger partial charge in [0.05, 0.1) is 19.1 Å². The second-order valence-electron chi connectivity index (χ2n) is 8.40. The number of aryl methyl sites for hydroxylation is 2. The normalized spacial score (nSPS) is 12.1. The Bertz CT molecular complexity index is 1120. The number of carbonyl (C=O) groups excluding carboxylic acids is 2. The Balaban J connectivity index is 2.43. The van der Waals surface area contributed by atoms with Crippen LogP contribution < -0.4 is 14.4 Å². The molecule has 0 aliphatic rings. The summed E-state index contributed by atoms with van der Waals surface area (Å²) in [5, 5.41) is 2.82. The van der Waals surface area contributed by atoms with Gasteiger partial charge in [0, 0.05) is 13.1 Å². The number of benzene rings is 2. The molecule has 2 rings (SSSR count). The lowest BCUT2D eigenvalue weighted by Gasteiger charge is -2.32. The number of nitrogens with zero attached hydrogens (tertiary/aromatic N) is 2. The Morgan fingerprint density at radius 3 is 2.44 bits per heavy atom. The molecule has 2 aromatic rings. The molecule has 0 bridgehead atoms. The van der Waals surface area contributed by atoms with E-state index in [1.165, 1.54) is 4.90 Å². The highest BCUT2D eigenvalue weighted by atomic mass is 32.2.